The van der Waals surface area contributed by atoms with E-state index < -0.39 is 10.0 Å². The van der Waals surface area contributed by atoms with E-state index in [2.05, 4.69) is 10.2 Å². The molecule has 0 aliphatic heterocycles. The van der Waals surface area contributed by atoms with Crippen molar-refractivity contribution in [1.29, 1.82) is 0 Å². The molecule has 0 aromatic carbocycles. The van der Waals surface area contributed by atoms with E-state index in [9.17, 15) is 8.42 Å². The van der Waals surface area contributed by atoms with Crippen LogP contribution in [0.4, 0.5) is 0 Å². The van der Waals surface area contributed by atoms with Crippen LogP contribution in [0.1, 0.15) is 31.2 Å². The lowest BCUT2D eigenvalue weighted by atomic mass is 10.1. The van der Waals surface area contributed by atoms with Gasteiger partial charge in [0.25, 0.3) is 10.0 Å². The Bertz CT molecular complexity index is 491. The SMILES string of the molecule is CN(CC1CCCC1)S(=O)(=O)c1[nH]ncc1CO. The van der Waals surface area contributed by atoms with Crippen molar-refractivity contribution in [3.05, 3.63) is 11.8 Å². The summed E-state index contributed by atoms with van der Waals surface area (Å²) in [5, 5.41) is 15.2. The Labute approximate surface area is 107 Å². The third-order valence-corrected chi connectivity index (χ3v) is 5.35. The van der Waals surface area contributed by atoms with E-state index in [1.807, 2.05) is 0 Å². The maximum atomic E-state index is 12.3. The number of rotatable bonds is 5. The van der Waals surface area contributed by atoms with Crippen LogP contribution in [0.3, 0.4) is 0 Å². The van der Waals surface area contributed by atoms with Crippen molar-refractivity contribution in [2.24, 2.45) is 5.92 Å². The van der Waals surface area contributed by atoms with E-state index in [1.54, 1.807) is 7.05 Å². The molecule has 0 unspecified atom stereocenters. The van der Waals surface area contributed by atoms with E-state index in [0.717, 1.165) is 12.8 Å². The Hall–Kier alpha value is -0.920. The minimum Gasteiger partial charge on any atom is -0.392 e. The minimum atomic E-state index is -3.57. The topological polar surface area (TPSA) is 86.3 Å². The third kappa shape index (κ3) is 2.57. The van der Waals surface area contributed by atoms with Crippen LogP contribution in [0.5, 0.6) is 0 Å². The highest BCUT2D eigenvalue weighted by Crippen LogP contribution is 2.27. The number of nitrogens with one attached hydrogen (secondary N) is 1. The summed E-state index contributed by atoms with van der Waals surface area (Å²) in [5.41, 5.74) is 0.313. The molecule has 1 aliphatic carbocycles. The summed E-state index contributed by atoms with van der Waals surface area (Å²) in [5.74, 6) is 0.449. The molecule has 7 heteroatoms. The summed E-state index contributed by atoms with van der Waals surface area (Å²) < 4.78 is 26.0. The van der Waals surface area contributed by atoms with Gasteiger partial charge in [0.2, 0.25) is 0 Å². The number of aromatic amines is 1. The molecule has 18 heavy (non-hydrogen) atoms. The van der Waals surface area contributed by atoms with Gasteiger partial charge in [-0.2, -0.15) is 9.40 Å². The maximum Gasteiger partial charge on any atom is 0.260 e. The molecule has 2 N–H and O–H groups in total. The second-order valence-corrected chi connectivity index (χ2v) is 6.80. The summed E-state index contributed by atoms with van der Waals surface area (Å²) in [4.78, 5) is 0. The summed E-state index contributed by atoms with van der Waals surface area (Å²) in [6.45, 7) is 0.203. The summed E-state index contributed by atoms with van der Waals surface area (Å²) >= 11 is 0. The molecule has 0 bridgehead atoms. The number of aliphatic hydroxyl groups is 1. The summed E-state index contributed by atoms with van der Waals surface area (Å²) in [6, 6.07) is 0. The van der Waals surface area contributed by atoms with Crippen molar-refractivity contribution in [3.8, 4) is 0 Å². The normalized spacial score (nSPS) is 17.7. The molecule has 1 aromatic heterocycles. The first-order chi connectivity index (χ1) is 8.55. The molecule has 0 spiro atoms. The van der Waals surface area contributed by atoms with Gasteiger partial charge in [0.1, 0.15) is 0 Å². The lowest BCUT2D eigenvalue weighted by molar-refractivity contribution is 0.278. The Morgan fingerprint density at radius 3 is 2.78 bits per heavy atom. The van der Waals surface area contributed by atoms with E-state index in [-0.39, 0.29) is 11.6 Å². The van der Waals surface area contributed by atoms with E-state index in [0.29, 0.717) is 18.0 Å². The van der Waals surface area contributed by atoms with Crippen LogP contribution < -0.4 is 0 Å². The Morgan fingerprint density at radius 2 is 2.17 bits per heavy atom. The number of H-pyrrole nitrogens is 1. The number of aliphatic hydroxyl groups excluding tert-OH is 1. The van der Waals surface area contributed by atoms with E-state index in [1.165, 1.54) is 23.3 Å². The largest absolute Gasteiger partial charge is 0.392 e. The Morgan fingerprint density at radius 1 is 1.50 bits per heavy atom. The van der Waals surface area contributed by atoms with Gasteiger partial charge in [-0.3, -0.25) is 5.10 Å². The molecule has 0 atom stereocenters. The van der Waals surface area contributed by atoms with Crippen molar-refractivity contribution in [2.75, 3.05) is 13.6 Å². The van der Waals surface area contributed by atoms with Crippen LogP contribution in [0.25, 0.3) is 0 Å². The standard InChI is InChI=1S/C11H19N3O3S/c1-14(7-9-4-2-3-5-9)18(16,17)11-10(8-15)6-12-13-11/h6,9,15H,2-5,7-8H2,1H3,(H,12,13). The number of nitrogens with zero attached hydrogens (tertiary/aromatic N) is 2. The zero-order valence-electron chi connectivity index (χ0n) is 10.5. The maximum absolute atomic E-state index is 12.3. The minimum absolute atomic E-state index is 0.00509. The second kappa shape index (κ2) is 5.38. The first-order valence-corrected chi connectivity index (χ1v) is 7.59. The molecular formula is C11H19N3O3S. The molecule has 1 saturated carbocycles. The molecule has 0 amide bonds. The fourth-order valence-corrected chi connectivity index (χ4v) is 3.78. The monoisotopic (exact) mass is 273 g/mol. The zero-order valence-corrected chi connectivity index (χ0v) is 11.3. The van der Waals surface area contributed by atoms with Crippen molar-refractivity contribution in [2.45, 2.75) is 37.3 Å². The van der Waals surface area contributed by atoms with Gasteiger partial charge in [0.05, 0.1) is 12.8 Å². The number of sulfonamides is 1. The highest BCUT2D eigenvalue weighted by atomic mass is 32.2. The quantitative estimate of drug-likeness (QED) is 0.827. The first-order valence-electron chi connectivity index (χ1n) is 6.15. The van der Waals surface area contributed by atoms with Gasteiger partial charge in [-0.05, 0) is 18.8 Å². The van der Waals surface area contributed by atoms with Crippen LogP contribution in [0, 0.1) is 5.92 Å². The third-order valence-electron chi connectivity index (χ3n) is 3.51. The molecular weight excluding hydrogens is 254 g/mol. The van der Waals surface area contributed by atoms with Crippen molar-refractivity contribution >= 4 is 10.0 Å². The fourth-order valence-electron chi connectivity index (χ4n) is 2.45. The molecule has 1 heterocycles. The van der Waals surface area contributed by atoms with Gasteiger partial charge in [0.15, 0.2) is 5.03 Å². The Balaban J connectivity index is 2.14. The molecule has 1 aliphatic rings. The predicted octanol–water partition coefficient (Wildman–Crippen LogP) is 0.713. The fraction of sp³-hybridized carbons (Fsp3) is 0.727. The average Bonchev–Trinajstić information content (AvgIpc) is 2.98. The van der Waals surface area contributed by atoms with Crippen molar-refractivity contribution in [1.82, 2.24) is 14.5 Å². The highest BCUT2D eigenvalue weighted by molar-refractivity contribution is 7.89. The second-order valence-electron chi connectivity index (χ2n) is 4.82. The lowest BCUT2D eigenvalue weighted by Gasteiger charge is -2.20. The summed E-state index contributed by atoms with van der Waals surface area (Å²) in [7, 11) is -1.99. The molecule has 6 nitrogen and oxygen atoms in total. The van der Waals surface area contributed by atoms with Crippen LogP contribution in [-0.2, 0) is 16.6 Å². The van der Waals surface area contributed by atoms with Gasteiger partial charge < -0.3 is 5.11 Å². The highest BCUT2D eigenvalue weighted by Gasteiger charge is 2.28. The van der Waals surface area contributed by atoms with E-state index in [4.69, 9.17) is 5.11 Å². The van der Waals surface area contributed by atoms with Crippen LogP contribution in [0.2, 0.25) is 0 Å². The molecule has 1 aromatic rings. The van der Waals surface area contributed by atoms with Gasteiger partial charge in [-0.25, -0.2) is 8.42 Å². The van der Waals surface area contributed by atoms with Gasteiger partial charge in [-0.15, -0.1) is 0 Å². The first kappa shape index (κ1) is 13.5. The molecule has 0 saturated heterocycles. The van der Waals surface area contributed by atoms with E-state index >= 15 is 0 Å². The van der Waals surface area contributed by atoms with Crippen molar-refractivity contribution in [3.63, 3.8) is 0 Å². The smallest absolute Gasteiger partial charge is 0.260 e. The molecule has 0 radical (unpaired) electrons. The molecule has 1 fully saturated rings. The number of hydrogen-bond donors (Lipinski definition) is 2. The summed E-state index contributed by atoms with van der Waals surface area (Å²) in [6.07, 6.45) is 5.90. The van der Waals surface area contributed by atoms with Crippen LogP contribution >= 0.6 is 0 Å². The van der Waals surface area contributed by atoms with Gasteiger partial charge in [-0.1, -0.05) is 12.8 Å². The van der Waals surface area contributed by atoms with Gasteiger partial charge in [0, 0.05) is 19.2 Å². The molecule has 2 rings (SSSR count). The average molecular weight is 273 g/mol. The molecule has 102 valence electrons. The van der Waals surface area contributed by atoms with Crippen LogP contribution in [0.15, 0.2) is 11.2 Å². The van der Waals surface area contributed by atoms with Crippen molar-refractivity contribution < 1.29 is 13.5 Å². The lowest BCUT2D eigenvalue weighted by Crippen LogP contribution is -2.32. The van der Waals surface area contributed by atoms with Gasteiger partial charge >= 0.3 is 0 Å². The predicted molar refractivity (Wildman–Crippen MR) is 66.3 cm³/mol. The number of hydrogen-bond acceptors (Lipinski definition) is 4. The number of aromatic nitrogens is 2. The zero-order chi connectivity index (χ0) is 13.2. The Kier molecular flexibility index (Phi) is 4.04. The van der Waals surface area contributed by atoms with Crippen LogP contribution in [-0.4, -0.2) is 41.6 Å².